The second kappa shape index (κ2) is 7.78. The summed E-state index contributed by atoms with van der Waals surface area (Å²) < 4.78 is 4.96. The van der Waals surface area contributed by atoms with Crippen LogP contribution in [0.3, 0.4) is 0 Å². The molecule has 0 aliphatic rings. The van der Waals surface area contributed by atoms with Gasteiger partial charge in [-0.25, -0.2) is 0 Å². The summed E-state index contributed by atoms with van der Waals surface area (Å²) in [6.45, 7) is 4.37. The first-order chi connectivity index (χ1) is 9.40. The number of nitrogens with one attached hydrogen (secondary N) is 2. The second-order valence-corrected chi connectivity index (χ2v) is 4.30. The van der Waals surface area contributed by atoms with Crippen molar-refractivity contribution >= 4 is 11.0 Å². The molecular formula is C14H20N4O. The van der Waals surface area contributed by atoms with Gasteiger partial charge < -0.3 is 15.4 Å². The summed E-state index contributed by atoms with van der Waals surface area (Å²) in [5.41, 5.74) is 3.11. The lowest BCUT2D eigenvalue weighted by molar-refractivity contribution is 0.199. The predicted molar refractivity (Wildman–Crippen MR) is 76.0 cm³/mol. The zero-order valence-electron chi connectivity index (χ0n) is 11.2. The van der Waals surface area contributed by atoms with Gasteiger partial charge in [0.2, 0.25) is 0 Å². The molecule has 102 valence electrons. The van der Waals surface area contributed by atoms with E-state index in [1.807, 2.05) is 6.07 Å². The van der Waals surface area contributed by atoms with Crippen LogP contribution in [0.5, 0.6) is 0 Å². The molecule has 2 rings (SSSR count). The van der Waals surface area contributed by atoms with Gasteiger partial charge in [0.1, 0.15) is 0 Å². The van der Waals surface area contributed by atoms with E-state index in [-0.39, 0.29) is 0 Å². The standard InChI is InChI=1S/C14H20N4O/c1-19-9-8-15-4-5-16-11-12-2-3-13-14(10-12)18-7-6-17-13/h2-3,6-7,10,15-16H,4-5,8-9,11H2,1H3. The van der Waals surface area contributed by atoms with Crippen LogP contribution in [-0.2, 0) is 11.3 Å². The van der Waals surface area contributed by atoms with Crippen LogP contribution < -0.4 is 10.6 Å². The van der Waals surface area contributed by atoms with Crippen molar-refractivity contribution in [2.45, 2.75) is 6.54 Å². The van der Waals surface area contributed by atoms with Crippen LogP contribution in [0.4, 0.5) is 0 Å². The summed E-state index contributed by atoms with van der Waals surface area (Å²) in [6, 6.07) is 6.17. The molecule has 0 aliphatic heterocycles. The number of fused-ring (bicyclic) bond motifs is 1. The number of rotatable bonds is 8. The molecule has 2 N–H and O–H groups in total. The first-order valence-corrected chi connectivity index (χ1v) is 6.50. The molecule has 0 saturated carbocycles. The summed E-state index contributed by atoms with van der Waals surface area (Å²) in [6.07, 6.45) is 3.44. The molecule has 0 atom stereocenters. The molecule has 1 aromatic carbocycles. The van der Waals surface area contributed by atoms with E-state index in [1.165, 1.54) is 5.56 Å². The molecule has 0 saturated heterocycles. The lowest BCUT2D eigenvalue weighted by atomic mass is 10.2. The van der Waals surface area contributed by atoms with Crippen molar-refractivity contribution in [3.63, 3.8) is 0 Å². The molecule has 0 bridgehead atoms. The molecule has 0 spiro atoms. The van der Waals surface area contributed by atoms with Gasteiger partial charge in [-0.3, -0.25) is 9.97 Å². The number of hydrogen-bond acceptors (Lipinski definition) is 5. The summed E-state index contributed by atoms with van der Waals surface area (Å²) in [5.74, 6) is 0. The first-order valence-electron chi connectivity index (χ1n) is 6.50. The normalized spacial score (nSPS) is 11.0. The first kappa shape index (κ1) is 13.9. The molecule has 0 fully saturated rings. The van der Waals surface area contributed by atoms with E-state index in [0.29, 0.717) is 0 Å². The highest BCUT2D eigenvalue weighted by Gasteiger charge is 1.97. The average Bonchev–Trinajstić information content (AvgIpc) is 2.46. The number of hydrogen-bond donors (Lipinski definition) is 2. The summed E-state index contributed by atoms with van der Waals surface area (Å²) in [7, 11) is 1.71. The van der Waals surface area contributed by atoms with Crippen molar-refractivity contribution in [3.05, 3.63) is 36.2 Å². The van der Waals surface area contributed by atoms with Gasteiger partial charge in [-0.1, -0.05) is 6.07 Å². The van der Waals surface area contributed by atoms with E-state index >= 15 is 0 Å². The summed E-state index contributed by atoms with van der Waals surface area (Å²) >= 11 is 0. The Morgan fingerprint density at radius 1 is 1.00 bits per heavy atom. The molecule has 0 radical (unpaired) electrons. The number of ether oxygens (including phenoxy) is 1. The van der Waals surface area contributed by atoms with E-state index in [1.54, 1.807) is 19.5 Å². The van der Waals surface area contributed by atoms with Gasteiger partial charge in [-0.15, -0.1) is 0 Å². The SMILES string of the molecule is COCCNCCNCc1ccc2nccnc2c1. The fourth-order valence-corrected chi connectivity index (χ4v) is 1.83. The maximum absolute atomic E-state index is 4.96. The number of nitrogens with zero attached hydrogens (tertiary/aromatic N) is 2. The highest BCUT2D eigenvalue weighted by Crippen LogP contribution is 2.10. The molecule has 19 heavy (non-hydrogen) atoms. The lowest BCUT2D eigenvalue weighted by Crippen LogP contribution is -2.29. The van der Waals surface area contributed by atoms with Crippen LogP contribution in [0.25, 0.3) is 11.0 Å². The Hall–Kier alpha value is -1.56. The third kappa shape index (κ3) is 4.55. The van der Waals surface area contributed by atoms with Crippen LogP contribution in [0.1, 0.15) is 5.56 Å². The molecule has 0 unspecified atom stereocenters. The van der Waals surface area contributed by atoms with Gasteiger partial charge >= 0.3 is 0 Å². The van der Waals surface area contributed by atoms with E-state index in [9.17, 15) is 0 Å². The van der Waals surface area contributed by atoms with Crippen LogP contribution in [-0.4, -0.2) is 43.3 Å². The Balaban J connectivity index is 1.72. The largest absolute Gasteiger partial charge is 0.383 e. The molecular weight excluding hydrogens is 240 g/mol. The maximum Gasteiger partial charge on any atom is 0.0890 e. The minimum atomic E-state index is 0.753. The Morgan fingerprint density at radius 3 is 2.63 bits per heavy atom. The minimum Gasteiger partial charge on any atom is -0.383 e. The Kier molecular flexibility index (Phi) is 5.68. The minimum absolute atomic E-state index is 0.753. The molecule has 0 amide bonds. The highest BCUT2D eigenvalue weighted by molar-refractivity contribution is 5.74. The summed E-state index contributed by atoms with van der Waals surface area (Å²) in [4.78, 5) is 8.56. The molecule has 2 aromatic rings. The number of benzene rings is 1. The van der Waals surface area contributed by atoms with E-state index < -0.39 is 0 Å². The molecule has 5 nitrogen and oxygen atoms in total. The Bertz CT molecular complexity index is 504. The quantitative estimate of drug-likeness (QED) is 0.692. The number of methoxy groups -OCH3 is 1. The van der Waals surface area contributed by atoms with Crippen molar-refractivity contribution in [1.82, 2.24) is 20.6 Å². The monoisotopic (exact) mass is 260 g/mol. The van der Waals surface area contributed by atoms with Crippen LogP contribution >= 0.6 is 0 Å². The van der Waals surface area contributed by atoms with Crippen LogP contribution in [0, 0.1) is 0 Å². The average molecular weight is 260 g/mol. The van der Waals surface area contributed by atoms with Crippen LogP contribution in [0.15, 0.2) is 30.6 Å². The Labute approximate surface area is 113 Å². The zero-order valence-corrected chi connectivity index (χ0v) is 11.2. The number of aromatic nitrogens is 2. The van der Waals surface area contributed by atoms with Crippen molar-refractivity contribution < 1.29 is 4.74 Å². The van der Waals surface area contributed by atoms with E-state index in [2.05, 4.69) is 32.7 Å². The van der Waals surface area contributed by atoms with E-state index in [4.69, 9.17) is 4.74 Å². The van der Waals surface area contributed by atoms with Gasteiger partial charge in [0.15, 0.2) is 0 Å². The fourth-order valence-electron chi connectivity index (χ4n) is 1.83. The molecule has 0 aliphatic carbocycles. The van der Waals surface area contributed by atoms with Gasteiger partial charge in [0, 0.05) is 45.7 Å². The summed E-state index contributed by atoms with van der Waals surface area (Å²) in [5, 5.41) is 6.68. The maximum atomic E-state index is 4.96. The predicted octanol–water partition coefficient (Wildman–Crippen LogP) is 0.955. The van der Waals surface area contributed by atoms with Gasteiger partial charge in [-0.2, -0.15) is 0 Å². The topological polar surface area (TPSA) is 59.1 Å². The third-order valence-corrected chi connectivity index (χ3v) is 2.82. The van der Waals surface area contributed by atoms with Gasteiger partial charge in [-0.05, 0) is 17.7 Å². The van der Waals surface area contributed by atoms with Crippen molar-refractivity contribution in [2.24, 2.45) is 0 Å². The molecule has 1 aromatic heterocycles. The molecule has 1 heterocycles. The van der Waals surface area contributed by atoms with Gasteiger partial charge in [0.25, 0.3) is 0 Å². The van der Waals surface area contributed by atoms with Crippen molar-refractivity contribution in [3.8, 4) is 0 Å². The highest BCUT2D eigenvalue weighted by atomic mass is 16.5. The Morgan fingerprint density at radius 2 is 1.79 bits per heavy atom. The van der Waals surface area contributed by atoms with Gasteiger partial charge in [0.05, 0.1) is 17.6 Å². The molecule has 5 heteroatoms. The third-order valence-electron chi connectivity index (χ3n) is 2.82. The van der Waals surface area contributed by atoms with E-state index in [0.717, 1.165) is 43.8 Å². The smallest absolute Gasteiger partial charge is 0.0890 e. The van der Waals surface area contributed by atoms with Crippen molar-refractivity contribution in [2.75, 3.05) is 33.4 Å². The second-order valence-electron chi connectivity index (χ2n) is 4.30. The van der Waals surface area contributed by atoms with Crippen LogP contribution in [0.2, 0.25) is 0 Å². The fraction of sp³-hybridized carbons (Fsp3) is 0.429. The lowest BCUT2D eigenvalue weighted by Gasteiger charge is -2.07. The zero-order chi connectivity index (χ0) is 13.3. The van der Waals surface area contributed by atoms with Crippen molar-refractivity contribution in [1.29, 1.82) is 0 Å².